The molecule has 2 amide bonds. The van der Waals surface area contributed by atoms with Gasteiger partial charge in [-0.1, -0.05) is 28.1 Å². The maximum Gasteiger partial charge on any atom is 0.260 e. The Morgan fingerprint density at radius 3 is 2.59 bits per heavy atom. The predicted molar refractivity (Wildman–Crippen MR) is 126 cm³/mol. The van der Waals surface area contributed by atoms with Crippen LogP contribution < -0.4 is 19.5 Å². The van der Waals surface area contributed by atoms with Gasteiger partial charge in [0.1, 0.15) is 11.8 Å². The summed E-state index contributed by atoms with van der Waals surface area (Å²) in [5.41, 5.74) is 3.64. The number of nitrogens with zero attached hydrogens (tertiary/aromatic N) is 1. The first-order valence-electron chi connectivity index (χ1n) is 10.4. The molecule has 2 heterocycles. The Labute approximate surface area is 195 Å². The molecule has 0 radical (unpaired) electrons. The van der Waals surface area contributed by atoms with Gasteiger partial charge < -0.3 is 24.4 Å². The van der Waals surface area contributed by atoms with Crippen molar-refractivity contribution in [2.75, 3.05) is 31.5 Å². The number of hydrogen-bond acceptors (Lipinski definition) is 5. The molecular weight excluding hydrogens is 476 g/mol. The summed E-state index contributed by atoms with van der Waals surface area (Å²) in [7, 11) is 3.15. The number of carbonyl (C=O) groups is 2. The zero-order valence-electron chi connectivity index (χ0n) is 18.2. The smallest absolute Gasteiger partial charge is 0.260 e. The Morgan fingerprint density at radius 2 is 1.88 bits per heavy atom. The molecule has 8 heteroatoms. The highest BCUT2D eigenvalue weighted by Gasteiger charge is 2.39. The van der Waals surface area contributed by atoms with Gasteiger partial charge in [0.05, 0.1) is 32.1 Å². The van der Waals surface area contributed by atoms with E-state index in [4.69, 9.17) is 14.2 Å². The first kappa shape index (κ1) is 22.2. The van der Waals surface area contributed by atoms with Gasteiger partial charge in [-0.15, -0.1) is 0 Å². The van der Waals surface area contributed by atoms with Gasteiger partial charge in [0.2, 0.25) is 5.91 Å². The molecule has 2 aromatic carbocycles. The van der Waals surface area contributed by atoms with Crippen LogP contribution in [0.5, 0.6) is 17.2 Å². The maximum atomic E-state index is 13.4. The van der Waals surface area contributed by atoms with Crippen LogP contribution in [0.1, 0.15) is 34.3 Å². The lowest BCUT2D eigenvalue weighted by Gasteiger charge is -2.18. The number of alkyl halides is 1. The van der Waals surface area contributed by atoms with E-state index in [1.54, 1.807) is 25.4 Å². The third-order valence-corrected chi connectivity index (χ3v) is 6.25. The molecule has 7 nitrogen and oxygen atoms in total. The Hall–Kier alpha value is -3.00. The van der Waals surface area contributed by atoms with Gasteiger partial charge in [-0.3, -0.25) is 9.59 Å². The molecule has 2 aliphatic heterocycles. The highest BCUT2D eigenvalue weighted by Crippen LogP contribution is 2.40. The molecule has 0 saturated heterocycles. The second-order valence-corrected chi connectivity index (χ2v) is 8.49. The van der Waals surface area contributed by atoms with E-state index >= 15 is 0 Å². The van der Waals surface area contributed by atoms with Crippen molar-refractivity contribution in [2.24, 2.45) is 0 Å². The van der Waals surface area contributed by atoms with Crippen LogP contribution in [0, 0.1) is 6.92 Å². The van der Waals surface area contributed by atoms with Crippen LogP contribution in [0.25, 0.3) is 5.57 Å². The SMILES string of the molecule is COc1cc(C2=CN3C(=O)c4cc(OC)c(OCCCBr)cc4NC(=O)[C@@H]3C2)ccc1C. The van der Waals surface area contributed by atoms with Gasteiger partial charge >= 0.3 is 0 Å². The third kappa shape index (κ3) is 4.07. The van der Waals surface area contributed by atoms with Crippen LogP contribution in [0.4, 0.5) is 5.69 Å². The number of fused-ring (bicyclic) bond motifs is 2. The van der Waals surface area contributed by atoms with Crippen LogP contribution >= 0.6 is 15.9 Å². The summed E-state index contributed by atoms with van der Waals surface area (Å²) in [5, 5.41) is 3.72. The highest BCUT2D eigenvalue weighted by molar-refractivity contribution is 9.09. The molecule has 2 aromatic rings. The molecule has 4 rings (SSSR count). The first-order valence-corrected chi connectivity index (χ1v) is 11.5. The first-order chi connectivity index (χ1) is 15.5. The number of aryl methyl sites for hydroxylation is 1. The second kappa shape index (κ2) is 9.24. The number of ether oxygens (including phenoxy) is 3. The van der Waals surface area contributed by atoms with E-state index in [1.807, 2.05) is 25.1 Å². The van der Waals surface area contributed by atoms with E-state index in [0.717, 1.165) is 34.2 Å². The highest BCUT2D eigenvalue weighted by atomic mass is 79.9. The fraction of sp³-hybridized carbons (Fsp3) is 0.333. The molecule has 0 unspecified atom stereocenters. The molecule has 0 saturated carbocycles. The average molecular weight is 501 g/mol. The van der Waals surface area contributed by atoms with Gasteiger partial charge in [0, 0.05) is 24.0 Å². The number of anilines is 1. The lowest BCUT2D eigenvalue weighted by molar-refractivity contribution is -0.119. The Balaban J connectivity index is 1.69. The average Bonchev–Trinajstić information content (AvgIpc) is 3.21. The van der Waals surface area contributed by atoms with E-state index in [1.165, 1.54) is 12.0 Å². The molecule has 1 atom stereocenters. The number of methoxy groups -OCH3 is 2. The number of carbonyl (C=O) groups excluding carboxylic acids is 2. The molecule has 0 spiro atoms. The lowest BCUT2D eigenvalue weighted by Crippen LogP contribution is -2.38. The number of hydrogen-bond donors (Lipinski definition) is 1. The van der Waals surface area contributed by atoms with Gasteiger partial charge in [0.25, 0.3) is 5.91 Å². The summed E-state index contributed by atoms with van der Waals surface area (Å²) in [5.74, 6) is 1.21. The van der Waals surface area contributed by atoms with E-state index in [-0.39, 0.29) is 11.8 Å². The second-order valence-electron chi connectivity index (χ2n) is 7.70. The topological polar surface area (TPSA) is 77.1 Å². The third-order valence-electron chi connectivity index (χ3n) is 5.69. The summed E-state index contributed by atoms with van der Waals surface area (Å²) in [4.78, 5) is 28.0. The zero-order valence-corrected chi connectivity index (χ0v) is 19.8. The molecule has 168 valence electrons. The van der Waals surface area contributed by atoms with Gasteiger partial charge in [0.15, 0.2) is 11.5 Å². The number of rotatable bonds is 7. The number of amides is 2. The van der Waals surface area contributed by atoms with Crippen LogP contribution in [0.2, 0.25) is 0 Å². The van der Waals surface area contributed by atoms with Crippen LogP contribution in [-0.4, -0.2) is 48.9 Å². The van der Waals surface area contributed by atoms with Crippen LogP contribution in [-0.2, 0) is 4.79 Å². The van der Waals surface area contributed by atoms with E-state index < -0.39 is 6.04 Å². The van der Waals surface area contributed by atoms with Crippen molar-refractivity contribution in [3.05, 3.63) is 53.2 Å². The minimum absolute atomic E-state index is 0.237. The molecule has 2 aliphatic rings. The zero-order chi connectivity index (χ0) is 22.8. The minimum Gasteiger partial charge on any atom is -0.496 e. The van der Waals surface area contributed by atoms with Gasteiger partial charge in [-0.05, 0) is 42.2 Å². The summed E-state index contributed by atoms with van der Waals surface area (Å²) in [6.07, 6.45) is 3.00. The molecule has 32 heavy (non-hydrogen) atoms. The molecule has 0 bridgehead atoms. The quantitative estimate of drug-likeness (QED) is 0.450. The summed E-state index contributed by atoms with van der Waals surface area (Å²) in [6.45, 7) is 2.46. The van der Waals surface area contributed by atoms with Crippen LogP contribution in [0.15, 0.2) is 36.5 Å². The van der Waals surface area contributed by atoms with Crippen molar-refractivity contribution in [1.29, 1.82) is 0 Å². The molecule has 1 N–H and O–H groups in total. The fourth-order valence-corrected chi connectivity index (χ4v) is 4.18. The summed E-state index contributed by atoms with van der Waals surface area (Å²) in [6, 6.07) is 8.55. The molecule has 0 aromatic heterocycles. The predicted octanol–water partition coefficient (Wildman–Crippen LogP) is 4.38. The van der Waals surface area contributed by atoms with Crippen LogP contribution in [0.3, 0.4) is 0 Å². The Bertz CT molecular complexity index is 1100. The summed E-state index contributed by atoms with van der Waals surface area (Å²) < 4.78 is 16.7. The molecule has 0 aliphatic carbocycles. The monoisotopic (exact) mass is 500 g/mol. The van der Waals surface area contributed by atoms with Gasteiger partial charge in [-0.25, -0.2) is 0 Å². The fourth-order valence-electron chi connectivity index (χ4n) is 3.95. The standard InChI is InChI=1S/C24H25BrN2O5/c1-14-5-6-15(10-20(14)30-2)16-9-19-23(28)26-18-12-22(32-8-4-7-25)21(31-3)11-17(18)24(29)27(19)13-16/h5-6,10-13,19H,4,7-9H2,1-3H3,(H,26,28)/t19-/m0/s1. The van der Waals surface area contributed by atoms with E-state index in [0.29, 0.717) is 35.8 Å². The number of benzene rings is 2. The largest absolute Gasteiger partial charge is 0.496 e. The number of halogens is 1. The Kier molecular flexibility index (Phi) is 6.41. The minimum atomic E-state index is -0.624. The Morgan fingerprint density at radius 1 is 1.09 bits per heavy atom. The summed E-state index contributed by atoms with van der Waals surface area (Å²) >= 11 is 3.37. The normalized spacial score (nSPS) is 17.2. The van der Waals surface area contributed by atoms with Crippen molar-refractivity contribution >= 4 is 39.0 Å². The number of nitrogens with one attached hydrogen (secondary N) is 1. The van der Waals surface area contributed by atoms with Crippen molar-refractivity contribution in [2.45, 2.75) is 25.8 Å². The van der Waals surface area contributed by atoms with Crippen molar-refractivity contribution < 1.29 is 23.8 Å². The lowest BCUT2D eigenvalue weighted by atomic mass is 10.0. The van der Waals surface area contributed by atoms with Gasteiger partial charge in [-0.2, -0.15) is 0 Å². The van der Waals surface area contributed by atoms with Crippen molar-refractivity contribution in [3.63, 3.8) is 0 Å². The maximum absolute atomic E-state index is 13.4. The van der Waals surface area contributed by atoms with E-state index in [9.17, 15) is 9.59 Å². The van der Waals surface area contributed by atoms with Crippen molar-refractivity contribution in [3.8, 4) is 17.2 Å². The van der Waals surface area contributed by atoms with Crippen molar-refractivity contribution in [1.82, 2.24) is 4.90 Å². The molecular formula is C24H25BrN2O5. The molecule has 0 fully saturated rings. The van der Waals surface area contributed by atoms with E-state index in [2.05, 4.69) is 21.2 Å².